The van der Waals surface area contributed by atoms with Crippen molar-refractivity contribution in [3.63, 3.8) is 0 Å². The van der Waals surface area contributed by atoms with E-state index in [2.05, 4.69) is 16.3 Å². The molecule has 6 heteroatoms. The number of rotatable bonds is 4. The summed E-state index contributed by atoms with van der Waals surface area (Å²) in [6.45, 7) is 6.01. The number of amides is 3. The van der Waals surface area contributed by atoms with Gasteiger partial charge in [-0.25, -0.2) is 4.79 Å². The SMILES string of the molecule is Cc1ccc(C2NC(=O)N(C)C3=C2C(=O)N(CCN(C)C)C3)c(C)c1. The van der Waals surface area contributed by atoms with E-state index in [-0.39, 0.29) is 18.0 Å². The Balaban J connectivity index is 1.97. The minimum Gasteiger partial charge on any atom is -0.332 e. The van der Waals surface area contributed by atoms with E-state index in [1.165, 1.54) is 5.56 Å². The fourth-order valence-corrected chi connectivity index (χ4v) is 3.51. The molecule has 0 spiro atoms. The minimum atomic E-state index is -0.379. The molecule has 2 heterocycles. The predicted octanol–water partition coefficient (Wildman–Crippen LogP) is 1.66. The van der Waals surface area contributed by atoms with E-state index in [1.807, 2.05) is 45.0 Å². The van der Waals surface area contributed by atoms with Gasteiger partial charge < -0.3 is 15.1 Å². The normalized spacial score (nSPS) is 20.5. The van der Waals surface area contributed by atoms with Gasteiger partial charge in [0.05, 0.1) is 23.9 Å². The first kappa shape index (κ1) is 17.5. The van der Waals surface area contributed by atoms with Crippen LogP contribution in [-0.4, -0.2) is 67.4 Å². The summed E-state index contributed by atoms with van der Waals surface area (Å²) in [7, 11) is 5.71. The van der Waals surface area contributed by atoms with E-state index < -0.39 is 0 Å². The molecule has 0 saturated carbocycles. The lowest BCUT2D eigenvalue weighted by molar-refractivity contribution is -0.125. The summed E-state index contributed by atoms with van der Waals surface area (Å²) in [5.41, 5.74) is 4.76. The molecule has 0 fully saturated rings. The van der Waals surface area contributed by atoms with Gasteiger partial charge in [0.2, 0.25) is 0 Å². The molecule has 0 bridgehead atoms. The average Bonchev–Trinajstić information content (AvgIpc) is 2.87. The van der Waals surface area contributed by atoms with E-state index >= 15 is 0 Å². The van der Waals surface area contributed by atoms with Crippen LogP contribution in [0.25, 0.3) is 0 Å². The van der Waals surface area contributed by atoms with Crippen LogP contribution in [0.1, 0.15) is 22.7 Å². The zero-order valence-electron chi connectivity index (χ0n) is 15.6. The third-order valence-corrected chi connectivity index (χ3v) is 4.99. The van der Waals surface area contributed by atoms with Crippen LogP contribution in [0.4, 0.5) is 4.79 Å². The van der Waals surface area contributed by atoms with E-state index in [0.29, 0.717) is 18.7 Å². The number of nitrogens with one attached hydrogen (secondary N) is 1. The third kappa shape index (κ3) is 3.14. The first-order valence-corrected chi connectivity index (χ1v) is 8.58. The Bertz CT molecular complexity index is 754. The van der Waals surface area contributed by atoms with Crippen molar-refractivity contribution in [2.45, 2.75) is 19.9 Å². The molecule has 3 rings (SSSR count). The van der Waals surface area contributed by atoms with Gasteiger partial charge in [-0.05, 0) is 39.1 Å². The maximum Gasteiger partial charge on any atom is 0.322 e. The molecule has 25 heavy (non-hydrogen) atoms. The Labute approximate surface area is 149 Å². The van der Waals surface area contributed by atoms with Crippen LogP contribution < -0.4 is 5.32 Å². The first-order valence-electron chi connectivity index (χ1n) is 8.58. The average molecular weight is 342 g/mol. The number of nitrogens with zero attached hydrogens (tertiary/aromatic N) is 3. The Morgan fingerprint density at radius 2 is 1.96 bits per heavy atom. The lowest BCUT2D eigenvalue weighted by atomic mass is 9.91. The third-order valence-electron chi connectivity index (χ3n) is 4.99. The van der Waals surface area contributed by atoms with Crippen LogP contribution in [0.2, 0.25) is 0 Å². The van der Waals surface area contributed by atoms with E-state index in [1.54, 1.807) is 11.9 Å². The quantitative estimate of drug-likeness (QED) is 0.905. The smallest absolute Gasteiger partial charge is 0.322 e. The first-order chi connectivity index (χ1) is 11.8. The van der Waals surface area contributed by atoms with Gasteiger partial charge in [0.1, 0.15) is 0 Å². The molecule has 0 saturated heterocycles. The van der Waals surface area contributed by atoms with Crippen LogP contribution in [0, 0.1) is 13.8 Å². The zero-order chi connectivity index (χ0) is 18.3. The van der Waals surface area contributed by atoms with Crippen molar-refractivity contribution in [3.8, 4) is 0 Å². The van der Waals surface area contributed by atoms with Crippen molar-refractivity contribution < 1.29 is 9.59 Å². The van der Waals surface area contributed by atoms with Crippen molar-refractivity contribution in [1.29, 1.82) is 0 Å². The van der Waals surface area contributed by atoms with Gasteiger partial charge in [-0.1, -0.05) is 23.8 Å². The van der Waals surface area contributed by atoms with Gasteiger partial charge in [-0.15, -0.1) is 0 Å². The summed E-state index contributed by atoms with van der Waals surface area (Å²) in [5.74, 6) is 0.0219. The summed E-state index contributed by atoms with van der Waals surface area (Å²) in [6.07, 6.45) is 0. The monoisotopic (exact) mass is 342 g/mol. The van der Waals surface area contributed by atoms with Crippen molar-refractivity contribution >= 4 is 11.9 Å². The molecule has 1 unspecified atom stereocenters. The minimum absolute atomic E-state index is 0.0219. The highest BCUT2D eigenvalue weighted by molar-refractivity contribution is 6.01. The van der Waals surface area contributed by atoms with E-state index in [4.69, 9.17) is 0 Å². The predicted molar refractivity (Wildman–Crippen MR) is 97.1 cm³/mol. The summed E-state index contributed by atoms with van der Waals surface area (Å²) >= 11 is 0. The lowest BCUT2D eigenvalue weighted by Gasteiger charge is -2.31. The molecule has 134 valence electrons. The van der Waals surface area contributed by atoms with Gasteiger partial charge in [0.15, 0.2) is 0 Å². The molecule has 1 aromatic rings. The van der Waals surface area contributed by atoms with Crippen LogP contribution >= 0.6 is 0 Å². The van der Waals surface area contributed by atoms with Gasteiger partial charge in [-0.3, -0.25) is 9.69 Å². The number of likely N-dealkylation sites (N-methyl/N-ethyl adjacent to an activating group) is 2. The topological polar surface area (TPSA) is 55.9 Å². The molecule has 0 aliphatic carbocycles. The number of benzene rings is 1. The molecule has 0 aromatic heterocycles. The Hall–Kier alpha value is -2.34. The fourth-order valence-electron chi connectivity index (χ4n) is 3.51. The molecule has 0 radical (unpaired) electrons. The van der Waals surface area contributed by atoms with Gasteiger partial charge >= 0.3 is 6.03 Å². The van der Waals surface area contributed by atoms with E-state index in [9.17, 15) is 9.59 Å². The van der Waals surface area contributed by atoms with Crippen LogP contribution in [0.15, 0.2) is 29.5 Å². The molecule has 3 amide bonds. The molecule has 2 aliphatic rings. The van der Waals surface area contributed by atoms with Crippen LogP contribution in [0.3, 0.4) is 0 Å². The van der Waals surface area contributed by atoms with Crippen LogP contribution in [-0.2, 0) is 4.79 Å². The molecule has 2 aliphatic heterocycles. The lowest BCUT2D eigenvalue weighted by Crippen LogP contribution is -2.45. The Morgan fingerprint density at radius 3 is 2.60 bits per heavy atom. The highest BCUT2D eigenvalue weighted by Crippen LogP contribution is 2.36. The molecular weight excluding hydrogens is 316 g/mol. The summed E-state index contributed by atoms with van der Waals surface area (Å²) in [4.78, 5) is 30.9. The largest absolute Gasteiger partial charge is 0.332 e. The van der Waals surface area contributed by atoms with Crippen molar-refractivity contribution in [2.75, 3.05) is 40.8 Å². The second-order valence-corrected chi connectivity index (χ2v) is 7.19. The second-order valence-electron chi connectivity index (χ2n) is 7.19. The maximum atomic E-state index is 13.0. The second kappa shape index (κ2) is 6.52. The highest BCUT2D eigenvalue weighted by atomic mass is 16.2. The van der Waals surface area contributed by atoms with Gasteiger partial charge in [0.25, 0.3) is 5.91 Å². The van der Waals surface area contributed by atoms with Crippen molar-refractivity contribution in [1.82, 2.24) is 20.0 Å². The number of urea groups is 1. The van der Waals surface area contributed by atoms with Gasteiger partial charge in [-0.2, -0.15) is 0 Å². The Kier molecular flexibility index (Phi) is 4.56. The molecule has 6 nitrogen and oxygen atoms in total. The summed E-state index contributed by atoms with van der Waals surface area (Å²) in [5, 5.41) is 3.00. The Morgan fingerprint density at radius 1 is 1.24 bits per heavy atom. The zero-order valence-corrected chi connectivity index (χ0v) is 15.6. The number of aryl methyl sites for hydroxylation is 2. The van der Waals surface area contributed by atoms with Gasteiger partial charge in [0, 0.05) is 20.1 Å². The molecular formula is C19H26N4O2. The molecule has 1 N–H and O–H groups in total. The van der Waals surface area contributed by atoms with Crippen molar-refractivity contribution in [2.24, 2.45) is 0 Å². The summed E-state index contributed by atoms with van der Waals surface area (Å²) < 4.78 is 0. The number of hydrogen-bond acceptors (Lipinski definition) is 3. The molecule has 1 atom stereocenters. The maximum absolute atomic E-state index is 13.0. The standard InChI is InChI=1S/C19H26N4O2/c1-12-6-7-14(13(2)10-12)17-16-15(22(5)19(25)20-17)11-23(18(16)24)9-8-21(3)4/h6-7,10,17H,8-9,11H2,1-5H3,(H,20,25). The van der Waals surface area contributed by atoms with E-state index in [0.717, 1.165) is 23.4 Å². The number of hydrogen-bond donors (Lipinski definition) is 1. The highest BCUT2D eigenvalue weighted by Gasteiger charge is 2.42. The van der Waals surface area contributed by atoms with Crippen LogP contribution in [0.5, 0.6) is 0 Å². The van der Waals surface area contributed by atoms with Crippen molar-refractivity contribution in [3.05, 3.63) is 46.2 Å². The fraction of sp³-hybridized carbons (Fsp3) is 0.474. The summed E-state index contributed by atoms with van der Waals surface area (Å²) in [6, 6.07) is 5.59. The number of carbonyl (C=O) groups is 2. The molecule has 1 aromatic carbocycles. The number of carbonyl (C=O) groups excluding carboxylic acids is 2.